The molecular weight excluding hydrogens is 269 g/mol. The Morgan fingerprint density at radius 2 is 2.33 bits per heavy atom. The summed E-state index contributed by atoms with van der Waals surface area (Å²) in [5, 5.41) is 3.24. The Balaban J connectivity index is 2.06. The van der Waals surface area contributed by atoms with Crippen molar-refractivity contribution in [3.8, 4) is 0 Å². The molecule has 0 saturated carbocycles. The summed E-state index contributed by atoms with van der Waals surface area (Å²) in [5.74, 6) is 0.272. The third-order valence-electron chi connectivity index (χ3n) is 3.77. The van der Waals surface area contributed by atoms with Crippen LogP contribution in [0.4, 0.5) is 10.2 Å². The minimum absolute atomic E-state index is 0.187. The van der Waals surface area contributed by atoms with Crippen LogP contribution in [0.1, 0.15) is 38.7 Å². The van der Waals surface area contributed by atoms with E-state index in [2.05, 4.69) is 17.2 Å². The first kappa shape index (κ1) is 16.2. The molecule has 5 heteroatoms. The first-order valence-electron chi connectivity index (χ1n) is 7.96. The highest BCUT2D eigenvalue weighted by Gasteiger charge is 2.24. The van der Waals surface area contributed by atoms with E-state index in [1.807, 2.05) is 11.8 Å². The zero-order valence-electron chi connectivity index (χ0n) is 13.1. The van der Waals surface area contributed by atoms with Crippen molar-refractivity contribution in [1.82, 2.24) is 10.3 Å². The van der Waals surface area contributed by atoms with E-state index >= 15 is 0 Å². The molecule has 1 fully saturated rings. The maximum Gasteiger partial charge on any atom is 0.170 e. The van der Waals surface area contributed by atoms with Gasteiger partial charge in [-0.2, -0.15) is 0 Å². The average molecular weight is 295 g/mol. The molecule has 1 atom stereocenters. The predicted octanol–water partition coefficient (Wildman–Crippen LogP) is 2.73. The van der Waals surface area contributed by atoms with Crippen molar-refractivity contribution < 1.29 is 9.13 Å². The number of rotatable bonds is 7. The fourth-order valence-electron chi connectivity index (χ4n) is 2.73. The highest BCUT2D eigenvalue weighted by atomic mass is 19.1. The molecule has 1 aliphatic rings. The van der Waals surface area contributed by atoms with Crippen LogP contribution in [-0.2, 0) is 11.3 Å². The molecule has 4 nitrogen and oxygen atoms in total. The monoisotopic (exact) mass is 295 g/mol. The van der Waals surface area contributed by atoms with Crippen molar-refractivity contribution in [2.24, 2.45) is 0 Å². The fraction of sp³-hybridized carbons (Fsp3) is 0.688. The van der Waals surface area contributed by atoms with Gasteiger partial charge < -0.3 is 15.0 Å². The maximum absolute atomic E-state index is 14.6. The van der Waals surface area contributed by atoms with E-state index in [9.17, 15) is 4.39 Å². The Morgan fingerprint density at radius 1 is 1.48 bits per heavy atom. The lowest BCUT2D eigenvalue weighted by Gasteiger charge is -2.33. The normalized spacial score (nSPS) is 19.0. The van der Waals surface area contributed by atoms with Gasteiger partial charge in [0.1, 0.15) is 0 Å². The molecule has 0 amide bonds. The summed E-state index contributed by atoms with van der Waals surface area (Å²) in [6.07, 6.45) is 4.99. The zero-order chi connectivity index (χ0) is 15.1. The van der Waals surface area contributed by atoms with Crippen molar-refractivity contribution in [1.29, 1.82) is 0 Å². The Bertz CT molecular complexity index is 440. The molecule has 1 saturated heterocycles. The van der Waals surface area contributed by atoms with E-state index in [1.54, 1.807) is 12.3 Å². The van der Waals surface area contributed by atoms with Gasteiger partial charge >= 0.3 is 0 Å². The number of hydrogen-bond donors (Lipinski definition) is 1. The molecule has 0 aliphatic carbocycles. The summed E-state index contributed by atoms with van der Waals surface area (Å²) in [5.41, 5.74) is 0.687. The SMILES string of the molecule is CCCNCc1ccnc(N2CCCC(OCC)C2)c1F. The molecule has 1 N–H and O–H groups in total. The number of pyridine rings is 1. The smallest absolute Gasteiger partial charge is 0.170 e. The number of anilines is 1. The zero-order valence-corrected chi connectivity index (χ0v) is 13.1. The molecule has 0 spiro atoms. The van der Waals surface area contributed by atoms with Crippen LogP contribution in [0, 0.1) is 5.82 Å². The fourth-order valence-corrected chi connectivity index (χ4v) is 2.73. The van der Waals surface area contributed by atoms with Crippen LogP contribution >= 0.6 is 0 Å². The van der Waals surface area contributed by atoms with E-state index in [0.717, 1.165) is 38.9 Å². The van der Waals surface area contributed by atoms with Gasteiger partial charge in [0.25, 0.3) is 0 Å². The van der Waals surface area contributed by atoms with Crippen LogP contribution in [0.2, 0.25) is 0 Å². The van der Waals surface area contributed by atoms with Crippen molar-refractivity contribution >= 4 is 5.82 Å². The standard InChI is InChI=1S/C16H26FN3O/c1-3-8-18-11-13-7-9-19-16(15(13)17)20-10-5-6-14(12-20)21-4-2/h7,9,14,18H,3-6,8,10-12H2,1-2H3. The molecule has 21 heavy (non-hydrogen) atoms. The van der Waals surface area contributed by atoms with Gasteiger partial charge in [-0.15, -0.1) is 0 Å². The lowest BCUT2D eigenvalue weighted by Crippen LogP contribution is -2.40. The summed E-state index contributed by atoms with van der Waals surface area (Å²) < 4.78 is 20.3. The number of piperidine rings is 1. The van der Waals surface area contributed by atoms with Gasteiger partial charge in [0.2, 0.25) is 0 Å². The maximum atomic E-state index is 14.6. The Kier molecular flexibility index (Phi) is 6.39. The topological polar surface area (TPSA) is 37.4 Å². The van der Waals surface area contributed by atoms with Gasteiger partial charge in [0.15, 0.2) is 11.6 Å². The van der Waals surface area contributed by atoms with Gasteiger partial charge in [-0.3, -0.25) is 0 Å². The van der Waals surface area contributed by atoms with Crippen molar-refractivity contribution in [3.63, 3.8) is 0 Å². The van der Waals surface area contributed by atoms with Gasteiger partial charge in [0, 0.05) is 38.0 Å². The number of nitrogens with zero attached hydrogens (tertiary/aromatic N) is 2. The second kappa shape index (κ2) is 8.29. The second-order valence-corrected chi connectivity index (χ2v) is 5.45. The van der Waals surface area contributed by atoms with Crippen molar-refractivity contribution in [2.45, 2.75) is 45.8 Å². The van der Waals surface area contributed by atoms with Crippen LogP contribution in [0.5, 0.6) is 0 Å². The van der Waals surface area contributed by atoms with Crippen molar-refractivity contribution in [3.05, 3.63) is 23.6 Å². The summed E-state index contributed by atoms with van der Waals surface area (Å²) in [7, 11) is 0. The number of nitrogens with one attached hydrogen (secondary N) is 1. The van der Waals surface area contributed by atoms with Crippen LogP contribution < -0.4 is 10.2 Å². The predicted molar refractivity (Wildman–Crippen MR) is 83.1 cm³/mol. The van der Waals surface area contributed by atoms with Gasteiger partial charge in [-0.05, 0) is 38.8 Å². The van der Waals surface area contributed by atoms with Gasteiger partial charge in [-0.25, -0.2) is 9.37 Å². The molecule has 1 aromatic heterocycles. The molecule has 118 valence electrons. The molecule has 2 rings (SSSR count). The lowest BCUT2D eigenvalue weighted by atomic mass is 10.1. The molecule has 1 unspecified atom stereocenters. The Labute approximate surface area is 126 Å². The van der Waals surface area contributed by atoms with Gasteiger partial charge in [-0.1, -0.05) is 6.92 Å². The summed E-state index contributed by atoms with van der Waals surface area (Å²) in [4.78, 5) is 6.27. The van der Waals surface area contributed by atoms with E-state index in [1.165, 1.54) is 0 Å². The Hall–Kier alpha value is -1.20. The second-order valence-electron chi connectivity index (χ2n) is 5.45. The summed E-state index contributed by atoms with van der Waals surface area (Å²) in [6.45, 7) is 7.82. The quantitative estimate of drug-likeness (QED) is 0.785. The third kappa shape index (κ3) is 4.38. The van der Waals surface area contributed by atoms with E-state index in [-0.39, 0.29) is 11.9 Å². The Morgan fingerprint density at radius 3 is 3.10 bits per heavy atom. The first-order valence-corrected chi connectivity index (χ1v) is 7.96. The number of ether oxygens (including phenoxy) is 1. The van der Waals surface area contributed by atoms with E-state index in [4.69, 9.17) is 4.74 Å². The molecule has 0 radical (unpaired) electrons. The first-order chi connectivity index (χ1) is 10.3. The third-order valence-corrected chi connectivity index (χ3v) is 3.77. The van der Waals surface area contributed by atoms with Crippen LogP contribution in [0.3, 0.4) is 0 Å². The van der Waals surface area contributed by atoms with Crippen LogP contribution in [0.25, 0.3) is 0 Å². The van der Waals surface area contributed by atoms with Gasteiger partial charge in [0.05, 0.1) is 6.10 Å². The summed E-state index contributed by atoms with van der Waals surface area (Å²) >= 11 is 0. The van der Waals surface area contributed by atoms with Crippen LogP contribution in [0.15, 0.2) is 12.3 Å². The van der Waals surface area contributed by atoms with E-state index in [0.29, 0.717) is 24.5 Å². The number of hydrogen-bond acceptors (Lipinski definition) is 4. The molecule has 1 aliphatic heterocycles. The molecule has 2 heterocycles. The highest BCUT2D eigenvalue weighted by Crippen LogP contribution is 2.24. The van der Waals surface area contributed by atoms with Crippen LogP contribution in [-0.4, -0.2) is 37.3 Å². The number of aromatic nitrogens is 1. The average Bonchev–Trinajstić information content (AvgIpc) is 2.50. The lowest BCUT2D eigenvalue weighted by molar-refractivity contribution is 0.0523. The summed E-state index contributed by atoms with van der Waals surface area (Å²) in [6, 6.07) is 1.76. The highest BCUT2D eigenvalue weighted by molar-refractivity contribution is 5.43. The van der Waals surface area contributed by atoms with Crippen molar-refractivity contribution in [2.75, 3.05) is 31.1 Å². The largest absolute Gasteiger partial charge is 0.377 e. The minimum Gasteiger partial charge on any atom is -0.377 e. The van der Waals surface area contributed by atoms with E-state index < -0.39 is 0 Å². The molecular formula is C16H26FN3O. The molecule has 1 aromatic rings. The number of halogens is 1. The minimum atomic E-state index is -0.196. The molecule has 0 aromatic carbocycles. The molecule has 0 bridgehead atoms.